The van der Waals surface area contributed by atoms with E-state index in [0.717, 1.165) is 18.3 Å². The molecule has 0 atom stereocenters. The Morgan fingerprint density at radius 2 is 1.52 bits per heavy atom. The molecule has 2 rings (SSSR count). The van der Waals surface area contributed by atoms with Crippen molar-refractivity contribution in [1.82, 2.24) is 4.98 Å². The standard InChI is InChI=1S/C12H5F6NOS/c13-11(14,15)7-3-1-6(2-4-7)9(20)8-5-19-10(21-8)12(16,17)18/h1-5H. The van der Waals surface area contributed by atoms with Crippen molar-refractivity contribution >= 4 is 17.1 Å². The third kappa shape index (κ3) is 3.41. The van der Waals surface area contributed by atoms with Crippen molar-refractivity contribution in [2.24, 2.45) is 0 Å². The van der Waals surface area contributed by atoms with E-state index in [2.05, 4.69) is 4.98 Å². The average molecular weight is 325 g/mol. The molecule has 2 aromatic rings. The zero-order valence-corrected chi connectivity index (χ0v) is 10.7. The Morgan fingerprint density at radius 1 is 0.952 bits per heavy atom. The summed E-state index contributed by atoms with van der Waals surface area (Å²) in [5, 5.41) is -1.18. The Bertz CT molecular complexity index is 656. The summed E-state index contributed by atoms with van der Waals surface area (Å²) in [5.41, 5.74) is -1.08. The zero-order valence-electron chi connectivity index (χ0n) is 9.92. The molecule has 21 heavy (non-hydrogen) atoms. The first-order chi connectivity index (χ1) is 9.59. The lowest BCUT2D eigenvalue weighted by molar-refractivity contribution is -0.138. The van der Waals surface area contributed by atoms with Crippen LogP contribution in [0.4, 0.5) is 26.3 Å². The van der Waals surface area contributed by atoms with Gasteiger partial charge in [0.15, 0.2) is 5.01 Å². The summed E-state index contributed by atoms with van der Waals surface area (Å²) in [6.07, 6.45) is -8.45. The van der Waals surface area contributed by atoms with Crippen molar-refractivity contribution in [2.45, 2.75) is 12.4 Å². The Balaban J connectivity index is 2.26. The molecule has 0 aliphatic heterocycles. The van der Waals surface area contributed by atoms with Crippen LogP contribution in [-0.2, 0) is 12.4 Å². The quantitative estimate of drug-likeness (QED) is 0.605. The summed E-state index contributed by atoms with van der Waals surface area (Å²) >= 11 is 0.145. The number of hydrogen-bond acceptors (Lipinski definition) is 3. The van der Waals surface area contributed by atoms with Gasteiger partial charge >= 0.3 is 12.4 Å². The molecule has 9 heteroatoms. The SMILES string of the molecule is O=C(c1ccc(C(F)(F)F)cc1)c1cnc(C(F)(F)F)s1. The van der Waals surface area contributed by atoms with Crippen LogP contribution < -0.4 is 0 Å². The number of hydrogen-bond donors (Lipinski definition) is 0. The van der Waals surface area contributed by atoms with Gasteiger partial charge in [0.25, 0.3) is 0 Å². The maximum Gasteiger partial charge on any atom is 0.443 e. The predicted molar refractivity (Wildman–Crippen MR) is 62.0 cm³/mol. The van der Waals surface area contributed by atoms with E-state index in [9.17, 15) is 31.1 Å². The van der Waals surface area contributed by atoms with E-state index in [-0.39, 0.29) is 21.8 Å². The second-order valence-electron chi connectivity index (χ2n) is 3.93. The molecular weight excluding hydrogens is 320 g/mol. The lowest BCUT2D eigenvalue weighted by Crippen LogP contribution is -2.06. The molecule has 0 N–H and O–H groups in total. The van der Waals surface area contributed by atoms with Gasteiger partial charge < -0.3 is 0 Å². The van der Waals surface area contributed by atoms with Crippen LogP contribution in [0.3, 0.4) is 0 Å². The smallest absolute Gasteiger partial charge is 0.288 e. The van der Waals surface area contributed by atoms with Gasteiger partial charge in [0.2, 0.25) is 5.78 Å². The first-order valence-corrected chi connectivity index (χ1v) is 6.15. The van der Waals surface area contributed by atoms with Gasteiger partial charge in [-0.25, -0.2) is 4.98 Å². The second-order valence-corrected chi connectivity index (χ2v) is 4.96. The molecule has 0 fully saturated rings. The number of nitrogens with zero attached hydrogens (tertiary/aromatic N) is 1. The average Bonchev–Trinajstić information content (AvgIpc) is 2.86. The van der Waals surface area contributed by atoms with Gasteiger partial charge in [0, 0.05) is 11.8 Å². The molecular formula is C12H5F6NOS. The Hall–Kier alpha value is -1.90. The highest BCUT2D eigenvalue weighted by molar-refractivity contribution is 7.13. The molecule has 1 aromatic heterocycles. The van der Waals surface area contributed by atoms with Gasteiger partial charge in [-0.3, -0.25) is 4.79 Å². The number of thiazole rings is 1. The molecule has 0 aliphatic carbocycles. The van der Waals surface area contributed by atoms with E-state index >= 15 is 0 Å². The lowest BCUT2D eigenvalue weighted by Gasteiger charge is -2.06. The maximum absolute atomic E-state index is 12.4. The van der Waals surface area contributed by atoms with Crippen molar-refractivity contribution in [3.05, 3.63) is 51.5 Å². The first kappa shape index (κ1) is 15.5. The highest BCUT2D eigenvalue weighted by Gasteiger charge is 2.35. The van der Waals surface area contributed by atoms with Gasteiger partial charge in [-0.15, -0.1) is 11.3 Å². The summed E-state index contributed by atoms with van der Waals surface area (Å²) in [7, 11) is 0. The normalized spacial score (nSPS) is 12.5. The van der Waals surface area contributed by atoms with E-state index in [0.29, 0.717) is 12.1 Å². The van der Waals surface area contributed by atoms with E-state index in [1.807, 2.05) is 0 Å². The van der Waals surface area contributed by atoms with Crippen LogP contribution in [0.1, 0.15) is 25.8 Å². The van der Waals surface area contributed by atoms with E-state index in [4.69, 9.17) is 0 Å². The van der Waals surface area contributed by atoms with Gasteiger partial charge in [-0.1, -0.05) is 12.1 Å². The molecule has 1 heterocycles. The largest absolute Gasteiger partial charge is 0.443 e. The number of rotatable bonds is 2. The second kappa shape index (κ2) is 5.14. The molecule has 1 aromatic carbocycles. The van der Waals surface area contributed by atoms with Crippen LogP contribution in [0.15, 0.2) is 30.5 Å². The number of benzene rings is 1. The van der Waals surface area contributed by atoms with Crippen LogP contribution in [0.2, 0.25) is 0 Å². The van der Waals surface area contributed by atoms with E-state index in [1.54, 1.807) is 0 Å². The number of carbonyl (C=O) groups is 1. The highest BCUT2D eigenvalue weighted by atomic mass is 32.1. The third-order valence-electron chi connectivity index (χ3n) is 2.45. The summed E-state index contributed by atoms with van der Waals surface area (Å²) in [5.74, 6) is -0.809. The minimum atomic E-state index is -4.66. The van der Waals surface area contributed by atoms with E-state index in [1.165, 1.54) is 0 Å². The lowest BCUT2D eigenvalue weighted by atomic mass is 10.1. The molecule has 0 saturated heterocycles. The topological polar surface area (TPSA) is 30.0 Å². The molecule has 0 aliphatic rings. The molecule has 0 saturated carbocycles. The maximum atomic E-state index is 12.4. The van der Waals surface area contributed by atoms with E-state index < -0.39 is 28.7 Å². The first-order valence-electron chi connectivity index (χ1n) is 5.34. The van der Waals surface area contributed by atoms with Crippen molar-refractivity contribution in [2.75, 3.05) is 0 Å². The Labute approximate surface area is 118 Å². The molecule has 0 amide bonds. The van der Waals surface area contributed by atoms with Crippen molar-refractivity contribution in [3.63, 3.8) is 0 Å². The Kier molecular flexibility index (Phi) is 3.79. The third-order valence-corrected chi connectivity index (χ3v) is 3.49. The van der Waals surface area contributed by atoms with Gasteiger partial charge in [-0.05, 0) is 12.1 Å². The monoisotopic (exact) mass is 325 g/mol. The fourth-order valence-corrected chi connectivity index (χ4v) is 2.21. The van der Waals surface area contributed by atoms with Gasteiger partial charge in [-0.2, -0.15) is 26.3 Å². The van der Waals surface area contributed by atoms with Crippen molar-refractivity contribution in [3.8, 4) is 0 Å². The summed E-state index contributed by atoms with van der Waals surface area (Å²) < 4.78 is 74.2. The number of ketones is 1. The van der Waals surface area contributed by atoms with Crippen LogP contribution >= 0.6 is 11.3 Å². The number of aromatic nitrogens is 1. The summed E-state index contributed by atoms with van der Waals surface area (Å²) in [6.45, 7) is 0. The molecule has 0 bridgehead atoms. The zero-order chi connectivity index (χ0) is 15.8. The molecule has 112 valence electrons. The summed E-state index contributed by atoms with van der Waals surface area (Å²) in [6, 6.07) is 3.22. The predicted octanol–water partition coefficient (Wildman–Crippen LogP) is 4.41. The highest BCUT2D eigenvalue weighted by Crippen LogP contribution is 2.33. The minimum absolute atomic E-state index is 0.139. The van der Waals surface area contributed by atoms with Crippen LogP contribution in [-0.4, -0.2) is 10.8 Å². The number of alkyl halides is 6. The van der Waals surface area contributed by atoms with Crippen LogP contribution in [0.5, 0.6) is 0 Å². The van der Waals surface area contributed by atoms with Crippen LogP contribution in [0.25, 0.3) is 0 Å². The number of halogens is 6. The molecule has 0 spiro atoms. The number of carbonyl (C=O) groups excluding carboxylic acids is 1. The molecule has 0 radical (unpaired) electrons. The van der Waals surface area contributed by atoms with Crippen molar-refractivity contribution in [1.29, 1.82) is 0 Å². The summed E-state index contributed by atoms with van der Waals surface area (Å²) in [4.78, 5) is 14.7. The fourth-order valence-electron chi connectivity index (χ4n) is 1.46. The van der Waals surface area contributed by atoms with Crippen LogP contribution in [0, 0.1) is 0 Å². The fraction of sp³-hybridized carbons (Fsp3) is 0.167. The minimum Gasteiger partial charge on any atom is -0.288 e. The Morgan fingerprint density at radius 3 is 1.95 bits per heavy atom. The molecule has 2 nitrogen and oxygen atoms in total. The van der Waals surface area contributed by atoms with Gasteiger partial charge in [0.1, 0.15) is 0 Å². The van der Waals surface area contributed by atoms with Crippen molar-refractivity contribution < 1.29 is 31.1 Å². The van der Waals surface area contributed by atoms with Gasteiger partial charge in [0.05, 0.1) is 10.4 Å². The molecule has 0 unspecified atom stereocenters.